The highest BCUT2D eigenvalue weighted by atomic mass is 79.9. The van der Waals surface area contributed by atoms with Gasteiger partial charge in [0.2, 0.25) is 0 Å². The predicted molar refractivity (Wildman–Crippen MR) is 258 cm³/mol. The highest BCUT2D eigenvalue weighted by Crippen LogP contribution is 2.50. The minimum atomic E-state index is -1.97. The van der Waals surface area contributed by atoms with E-state index in [2.05, 4.69) is 260 Å². The molecule has 0 radical (unpaired) electrons. The Morgan fingerprint density at radius 3 is 1.35 bits per heavy atom. The van der Waals surface area contributed by atoms with E-state index in [1.54, 1.807) is 0 Å². The Labute approximate surface area is 358 Å². The first kappa shape index (κ1) is 40.5. The number of halogens is 2. The van der Waals surface area contributed by atoms with Gasteiger partial charge in [0, 0.05) is 26.0 Å². The fourth-order valence-corrected chi connectivity index (χ4v) is 15.2. The van der Waals surface area contributed by atoms with Crippen molar-refractivity contribution in [2.24, 2.45) is 0 Å². The molecule has 4 heteroatoms. The fourth-order valence-electron chi connectivity index (χ4n) is 8.90. The van der Waals surface area contributed by atoms with Crippen molar-refractivity contribution in [1.29, 1.82) is 0 Å². The van der Waals surface area contributed by atoms with Crippen LogP contribution in [0.25, 0.3) is 22.8 Å². The molecule has 0 bridgehead atoms. The lowest BCUT2D eigenvalue weighted by molar-refractivity contribution is 0.833. The molecule has 286 valence electrons. The third-order valence-corrected chi connectivity index (χ3v) is 19.6. The number of benzene rings is 6. The van der Waals surface area contributed by atoms with Crippen molar-refractivity contribution in [3.63, 3.8) is 0 Å². The molecule has 1 aliphatic carbocycles. The van der Waals surface area contributed by atoms with Gasteiger partial charge in [-0.05, 0) is 133 Å². The summed E-state index contributed by atoms with van der Waals surface area (Å²) in [5.41, 5.74) is 19.1. The Morgan fingerprint density at radius 1 is 0.474 bits per heavy atom. The van der Waals surface area contributed by atoms with Crippen molar-refractivity contribution in [3.8, 4) is 0 Å². The van der Waals surface area contributed by atoms with E-state index in [1.807, 2.05) is 0 Å². The number of rotatable bonds is 12. The first-order chi connectivity index (χ1) is 27.6. The Morgan fingerprint density at radius 2 is 0.877 bits per heavy atom. The quantitative estimate of drug-likeness (QED) is 0.0874. The lowest BCUT2D eigenvalue weighted by Crippen LogP contribution is -2.43. The monoisotopic (exact) mass is 887 g/mol. The van der Waals surface area contributed by atoms with Crippen LogP contribution in [0.3, 0.4) is 0 Å². The van der Waals surface area contributed by atoms with Gasteiger partial charge >= 0.3 is 0 Å². The summed E-state index contributed by atoms with van der Waals surface area (Å²) in [7, 11) is -1.97. The molecule has 0 aliphatic heterocycles. The van der Waals surface area contributed by atoms with E-state index in [4.69, 9.17) is 0 Å². The van der Waals surface area contributed by atoms with Crippen LogP contribution in [0.2, 0.25) is 16.6 Å². The predicted octanol–water partition coefficient (Wildman–Crippen LogP) is 16.9. The average Bonchev–Trinajstić information content (AvgIpc) is 3.58. The molecule has 6 aromatic carbocycles. The topological polar surface area (TPSA) is 3.24 Å². The zero-order valence-electron chi connectivity index (χ0n) is 33.8. The molecule has 0 atom stereocenters. The van der Waals surface area contributed by atoms with Gasteiger partial charge in [-0.3, -0.25) is 0 Å². The van der Waals surface area contributed by atoms with E-state index in [0.717, 1.165) is 26.0 Å². The van der Waals surface area contributed by atoms with E-state index in [9.17, 15) is 0 Å². The first-order valence-corrected chi connectivity index (χ1v) is 24.0. The van der Waals surface area contributed by atoms with E-state index < -0.39 is 8.07 Å². The third-order valence-electron chi connectivity index (χ3n) is 11.7. The zero-order valence-corrected chi connectivity index (χ0v) is 37.9. The molecular weight excluding hydrogens is 838 g/mol. The summed E-state index contributed by atoms with van der Waals surface area (Å²) in [6.45, 7) is 14.8. The van der Waals surface area contributed by atoms with Crippen LogP contribution >= 0.6 is 31.9 Å². The second-order valence-electron chi connectivity index (χ2n) is 15.9. The maximum Gasteiger partial charge on any atom is 0.0861 e. The number of hydrogen-bond acceptors (Lipinski definition) is 1. The number of allylic oxidation sites excluding steroid dienone is 5. The Bertz CT molecular complexity index is 2310. The van der Waals surface area contributed by atoms with Crippen molar-refractivity contribution in [2.45, 2.75) is 58.2 Å². The van der Waals surface area contributed by atoms with Crippen molar-refractivity contribution in [2.75, 3.05) is 4.90 Å². The van der Waals surface area contributed by atoms with Crippen LogP contribution in [0.5, 0.6) is 0 Å². The second-order valence-corrected chi connectivity index (χ2v) is 23.5. The van der Waals surface area contributed by atoms with Gasteiger partial charge in [0.05, 0.1) is 8.07 Å². The van der Waals surface area contributed by atoms with Gasteiger partial charge in [0.25, 0.3) is 0 Å². The average molecular weight is 890 g/mol. The summed E-state index contributed by atoms with van der Waals surface area (Å²) in [6.07, 6.45) is 7.15. The highest BCUT2D eigenvalue weighted by molar-refractivity contribution is 9.10. The van der Waals surface area contributed by atoms with Crippen molar-refractivity contribution < 1.29 is 0 Å². The minimum Gasteiger partial charge on any atom is -0.311 e. The van der Waals surface area contributed by atoms with Gasteiger partial charge in [0.15, 0.2) is 0 Å². The molecule has 0 N–H and O–H groups in total. The Balaban J connectivity index is 1.45. The smallest absolute Gasteiger partial charge is 0.0861 e. The largest absolute Gasteiger partial charge is 0.311 e. The molecule has 0 saturated heterocycles. The van der Waals surface area contributed by atoms with Crippen LogP contribution in [0.4, 0.5) is 17.1 Å². The van der Waals surface area contributed by atoms with Gasteiger partial charge in [-0.25, -0.2) is 0 Å². The van der Waals surface area contributed by atoms with Crippen molar-refractivity contribution >= 4 is 79.8 Å². The number of hydrogen-bond donors (Lipinski definition) is 0. The SMILES string of the molecule is CC(C)[Si](/C=C1/C(/C(=C/C=C(c2ccccc2)c2ccccc2)c2ccc(N(c3ccc(Br)cc3)c3ccc(Br)cc3)cc2)=Cc2ccccc21)(C(C)C)C(C)C. The lowest BCUT2D eigenvalue weighted by Gasteiger charge is -2.41. The lowest BCUT2D eigenvalue weighted by atomic mass is 9.91. The molecule has 7 rings (SSSR count). The molecule has 1 nitrogen and oxygen atoms in total. The minimum absolute atomic E-state index is 0.594. The van der Waals surface area contributed by atoms with Gasteiger partial charge < -0.3 is 4.90 Å². The van der Waals surface area contributed by atoms with Gasteiger partial charge in [-0.1, -0.05) is 188 Å². The van der Waals surface area contributed by atoms with Crippen LogP contribution in [-0.4, -0.2) is 8.07 Å². The van der Waals surface area contributed by atoms with E-state index >= 15 is 0 Å². The maximum absolute atomic E-state index is 3.64. The van der Waals surface area contributed by atoms with E-state index in [1.165, 1.54) is 50.1 Å². The Hall–Kier alpha value is -4.74. The standard InChI is InChI=1S/C53H51Br2NSi/c1-37(2)57(38(3)4,39(5)6)36-53-50-20-14-13-19-43(50)35-52(53)51(34-33-49(40-15-9-7-10-16-40)41-17-11-8-12-18-41)42-21-27-46(28-22-42)56(47-29-23-44(54)24-30-47)48-31-25-45(55)26-32-48/h7-39H,1-6H3/b51-34+,53-36+. The summed E-state index contributed by atoms with van der Waals surface area (Å²) >= 11 is 7.29. The molecule has 0 saturated carbocycles. The van der Waals surface area contributed by atoms with Gasteiger partial charge in [0.1, 0.15) is 0 Å². The molecule has 0 fully saturated rings. The molecule has 1 aliphatic rings. The first-order valence-electron chi connectivity index (χ1n) is 20.1. The normalized spacial score (nSPS) is 13.6. The molecule has 0 unspecified atom stereocenters. The molecule has 0 amide bonds. The maximum atomic E-state index is 3.64. The summed E-state index contributed by atoms with van der Waals surface area (Å²) < 4.78 is 2.11. The Kier molecular flexibility index (Phi) is 12.6. The van der Waals surface area contributed by atoms with Crippen LogP contribution in [-0.2, 0) is 0 Å². The van der Waals surface area contributed by atoms with E-state index in [-0.39, 0.29) is 0 Å². The van der Waals surface area contributed by atoms with Crippen molar-refractivity contribution in [3.05, 3.63) is 218 Å². The molecule has 0 aromatic heterocycles. The van der Waals surface area contributed by atoms with Crippen LogP contribution in [0.15, 0.2) is 190 Å². The third kappa shape index (κ3) is 8.60. The molecule has 0 heterocycles. The van der Waals surface area contributed by atoms with Gasteiger partial charge in [-0.2, -0.15) is 0 Å². The summed E-state index contributed by atoms with van der Waals surface area (Å²) in [6, 6.07) is 56.8. The van der Waals surface area contributed by atoms with Crippen LogP contribution < -0.4 is 4.90 Å². The van der Waals surface area contributed by atoms with Crippen LogP contribution in [0, 0.1) is 0 Å². The highest BCUT2D eigenvalue weighted by Gasteiger charge is 2.42. The molecule has 57 heavy (non-hydrogen) atoms. The summed E-state index contributed by atoms with van der Waals surface area (Å²) in [5.74, 6) is 0. The number of fused-ring (bicyclic) bond motifs is 1. The second kappa shape index (κ2) is 17.8. The number of nitrogens with zero attached hydrogens (tertiary/aromatic N) is 1. The van der Waals surface area contributed by atoms with Crippen molar-refractivity contribution in [1.82, 2.24) is 0 Å². The summed E-state index contributed by atoms with van der Waals surface area (Å²) in [5, 5.41) is 0. The number of anilines is 3. The molecule has 6 aromatic rings. The molecular formula is C53H51Br2NSi. The van der Waals surface area contributed by atoms with Gasteiger partial charge in [-0.15, -0.1) is 0 Å². The van der Waals surface area contributed by atoms with Crippen LogP contribution in [0.1, 0.15) is 69.4 Å². The molecule has 0 spiro atoms. The van der Waals surface area contributed by atoms with E-state index in [0.29, 0.717) is 16.6 Å². The fraction of sp³-hybridized carbons (Fsp3) is 0.170. The summed E-state index contributed by atoms with van der Waals surface area (Å²) in [4.78, 5) is 2.32. The zero-order chi connectivity index (χ0) is 40.1.